The molecule has 0 fully saturated rings. The lowest BCUT2D eigenvalue weighted by molar-refractivity contribution is 0.112. The van der Waals surface area contributed by atoms with Crippen LogP contribution in [0.15, 0.2) is 18.2 Å². The van der Waals surface area contributed by atoms with Gasteiger partial charge in [-0.3, -0.25) is 4.79 Å². The molecule has 1 unspecified atom stereocenters. The number of aromatic hydroxyl groups is 1. The third kappa shape index (κ3) is 2.56. The Kier molecular flexibility index (Phi) is 3.03. The van der Waals surface area contributed by atoms with Crippen molar-refractivity contribution in [1.82, 2.24) is 0 Å². The van der Waals surface area contributed by atoms with Gasteiger partial charge >= 0.3 is 0 Å². The number of benzene rings is 1. The van der Waals surface area contributed by atoms with Gasteiger partial charge in [-0.25, -0.2) is 0 Å². The van der Waals surface area contributed by atoms with E-state index in [0.29, 0.717) is 18.3 Å². The van der Waals surface area contributed by atoms with Crippen molar-refractivity contribution < 1.29 is 15.0 Å². The molecule has 0 saturated carbocycles. The molecule has 0 heterocycles. The first-order chi connectivity index (χ1) is 6.13. The molecule has 3 heteroatoms. The van der Waals surface area contributed by atoms with Gasteiger partial charge in [-0.15, -0.1) is 0 Å². The molecule has 0 aliphatic carbocycles. The predicted molar refractivity (Wildman–Crippen MR) is 48.9 cm³/mol. The van der Waals surface area contributed by atoms with Crippen LogP contribution in [0.5, 0.6) is 5.75 Å². The molecule has 70 valence electrons. The van der Waals surface area contributed by atoms with Crippen molar-refractivity contribution in [3.8, 4) is 5.75 Å². The minimum Gasteiger partial charge on any atom is -0.508 e. The van der Waals surface area contributed by atoms with Crippen molar-refractivity contribution in [2.45, 2.75) is 19.4 Å². The molecule has 1 aromatic rings. The molecule has 1 aromatic carbocycles. The molecule has 0 aliphatic heterocycles. The zero-order chi connectivity index (χ0) is 9.84. The number of rotatable bonds is 3. The molecule has 0 aliphatic rings. The highest BCUT2D eigenvalue weighted by Crippen LogP contribution is 2.16. The molecule has 1 atom stereocenters. The number of aldehydes is 1. The Bertz CT molecular complexity index is 305. The van der Waals surface area contributed by atoms with Crippen LogP contribution in [0.3, 0.4) is 0 Å². The first-order valence-corrected chi connectivity index (χ1v) is 4.08. The van der Waals surface area contributed by atoms with E-state index >= 15 is 0 Å². The summed E-state index contributed by atoms with van der Waals surface area (Å²) in [6.07, 6.45) is 0.620. The maximum atomic E-state index is 10.6. The summed E-state index contributed by atoms with van der Waals surface area (Å²) in [7, 11) is 0. The largest absolute Gasteiger partial charge is 0.508 e. The number of aliphatic hydroxyl groups excluding tert-OH is 1. The SMILES string of the molecule is CC(O)Cc1ccc(O)cc1C=O. The second kappa shape index (κ2) is 4.05. The highest BCUT2D eigenvalue weighted by Gasteiger charge is 2.05. The quantitative estimate of drug-likeness (QED) is 0.685. The van der Waals surface area contributed by atoms with Crippen LogP contribution in [0.1, 0.15) is 22.8 Å². The Labute approximate surface area is 76.6 Å². The van der Waals surface area contributed by atoms with Crippen LogP contribution >= 0.6 is 0 Å². The normalized spacial score (nSPS) is 12.5. The topological polar surface area (TPSA) is 57.5 Å². The van der Waals surface area contributed by atoms with Crippen LogP contribution in [-0.2, 0) is 6.42 Å². The first-order valence-electron chi connectivity index (χ1n) is 4.08. The van der Waals surface area contributed by atoms with E-state index in [0.717, 1.165) is 5.56 Å². The van der Waals surface area contributed by atoms with Crippen molar-refractivity contribution >= 4 is 6.29 Å². The van der Waals surface area contributed by atoms with E-state index in [1.807, 2.05) is 0 Å². The Morgan fingerprint density at radius 3 is 2.77 bits per heavy atom. The summed E-state index contributed by atoms with van der Waals surface area (Å²) in [5.74, 6) is 0.0662. The van der Waals surface area contributed by atoms with Crippen molar-refractivity contribution in [3.05, 3.63) is 29.3 Å². The number of phenolic OH excluding ortho intramolecular Hbond substituents is 1. The first kappa shape index (κ1) is 9.74. The molecule has 3 nitrogen and oxygen atoms in total. The van der Waals surface area contributed by atoms with Gasteiger partial charge in [-0.1, -0.05) is 6.07 Å². The van der Waals surface area contributed by atoms with Gasteiger partial charge in [0.05, 0.1) is 6.10 Å². The Balaban J connectivity index is 2.99. The van der Waals surface area contributed by atoms with E-state index in [-0.39, 0.29) is 5.75 Å². The minimum atomic E-state index is -0.483. The lowest BCUT2D eigenvalue weighted by atomic mass is 10.0. The molecule has 0 radical (unpaired) electrons. The standard InChI is InChI=1S/C10H12O3/c1-7(12)4-8-2-3-10(13)5-9(8)6-11/h2-3,5-7,12-13H,4H2,1H3. The summed E-state index contributed by atoms with van der Waals surface area (Å²) < 4.78 is 0. The van der Waals surface area contributed by atoms with Gasteiger partial charge in [0, 0.05) is 5.56 Å². The molecule has 1 rings (SSSR count). The van der Waals surface area contributed by atoms with Crippen LogP contribution in [0.25, 0.3) is 0 Å². The van der Waals surface area contributed by atoms with E-state index in [4.69, 9.17) is 10.2 Å². The molecule has 2 N–H and O–H groups in total. The lowest BCUT2D eigenvalue weighted by Crippen LogP contribution is -2.06. The molecular weight excluding hydrogens is 168 g/mol. The molecule has 0 saturated heterocycles. The third-order valence-electron chi connectivity index (χ3n) is 1.77. The van der Waals surface area contributed by atoms with Gasteiger partial charge in [0.15, 0.2) is 0 Å². The smallest absolute Gasteiger partial charge is 0.150 e. The Morgan fingerprint density at radius 2 is 2.23 bits per heavy atom. The number of hydrogen-bond donors (Lipinski definition) is 2. The van der Waals surface area contributed by atoms with Gasteiger partial charge < -0.3 is 10.2 Å². The number of carbonyl (C=O) groups is 1. The van der Waals surface area contributed by atoms with Crippen molar-refractivity contribution in [3.63, 3.8) is 0 Å². The molecule has 13 heavy (non-hydrogen) atoms. The average molecular weight is 180 g/mol. The summed E-state index contributed by atoms with van der Waals surface area (Å²) >= 11 is 0. The molecular formula is C10H12O3. The van der Waals surface area contributed by atoms with Gasteiger partial charge in [0.1, 0.15) is 12.0 Å². The summed E-state index contributed by atoms with van der Waals surface area (Å²) in [6, 6.07) is 4.54. The molecule has 0 aromatic heterocycles. The van der Waals surface area contributed by atoms with Gasteiger partial charge in [0.2, 0.25) is 0 Å². The second-order valence-corrected chi connectivity index (χ2v) is 3.05. The van der Waals surface area contributed by atoms with E-state index < -0.39 is 6.10 Å². The fourth-order valence-electron chi connectivity index (χ4n) is 1.20. The second-order valence-electron chi connectivity index (χ2n) is 3.05. The van der Waals surface area contributed by atoms with Gasteiger partial charge in [0.25, 0.3) is 0 Å². The Morgan fingerprint density at radius 1 is 1.54 bits per heavy atom. The maximum Gasteiger partial charge on any atom is 0.150 e. The van der Waals surface area contributed by atoms with Crippen LogP contribution < -0.4 is 0 Å². The number of hydrogen-bond acceptors (Lipinski definition) is 3. The van der Waals surface area contributed by atoms with Crippen molar-refractivity contribution in [2.24, 2.45) is 0 Å². The van der Waals surface area contributed by atoms with E-state index in [2.05, 4.69) is 0 Å². The fourth-order valence-corrected chi connectivity index (χ4v) is 1.20. The predicted octanol–water partition coefficient (Wildman–Crippen LogP) is 1.13. The monoisotopic (exact) mass is 180 g/mol. The zero-order valence-electron chi connectivity index (χ0n) is 7.40. The van der Waals surface area contributed by atoms with Crippen LogP contribution in [0.4, 0.5) is 0 Å². The van der Waals surface area contributed by atoms with Gasteiger partial charge in [-0.05, 0) is 31.0 Å². The molecule has 0 amide bonds. The summed E-state index contributed by atoms with van der Waals surface area (Å²) in [5, 5.41) is 18.2. The van der Waals surface area contributed by atoms with Crippen LogP contribution in [-0.4, -0.2) is 22.6 Å². The highest BCUT2D eigenvalue weighted by molar-refractivity contribution is 5.78. The number of aliphatic hydroxyl groups is 1. The van der Waals surface area contributed by atoms with Crippen LogP contribution in [0, 0.1) is 0 Å². The van der Waals surface area contributed by atoms with E-state index in [1.54, 1.807) is 13.0 Å². The summed E-state index contributed by atoms with van der Waals surface area (Å²) in [4.78, 5) is 10.6. The molecule has 0 spiro atoms. The van der Waals surface area contributed by atoms with Crippen molar-refractivity contribution in [1.29, 1.82) is 0 Å². The average Bonchev–Trinajstić information content (AvgIpc) is 2.07. The van der Waals surface area contributed by atoms with E-state index in [1.165, 1.54) is 12.1 Å². The van der Waals surface area contributed by atoms with Gasteiger partial charge in [-0.2, -0.15) is 0 Å². The third-order valence-corrected chi connectivity index (χ3v) is 1.77. The molecule has 0 bridgehead atoms. The highest BCUT2D eigenvalue weighted by atomic mass is 16.3. The lowest BCUT2D eigenvalue weighted by Gasteiger charge is -2.06. The summed E-state index contributed by atoms with van der Waals surface area (Å²) in [5.41, 5.74) is 1.18. The maximum absolute atomic E-state index is 10.6. The zero-order valence-corrected chi connectivity index (χ0v) is 7.40. The number of carbonyl (C=O) groups excluding carboxylic acids is 1. The fraction of sp³-hybridized carbons (Fsp3) is 0.300. The van der Waals surface area contributed by atoms with Crippen molar-refractivity contribution in [2.75, 3.05) is 0 Å². The number of phenols is 1. The van der Waals surface area contributed by atoms with Crippen LogP contribution in [0.2, 0.25) is 0 Å². The minimum absolute atomic E-state index is 0.0662. The Hall–Kier alpha value is -1.35. The van der Waals surface area contributed by atoms with E-state index in [9.17, 15) is 4.79 Å². The summed E-state index contributed by atoms with van der Waals surface area (Å²) in [6.45, 7) is 1.65.